The zero-order valence-corrected chi connectivity index (χ0v) is 9.40. The predicted octanol–water partition coefficient (Wildman–Crippen LogP) is 3.48. The Morgan fingerprint density at radius 2 is 2.25 bits per heavy atom. The summed E-state index contributed by atoms with van der Waals surface area (Å²) >= 11 is 0. The van der Waals surface area contributed by atoms with E-state index in [1.807, 2.05) is 25.1 Å². The van der Waals surface area contributed by atoms with Crippen molar-refractivity contribution in [2.75, 3.05) is 0 Å². The maximum absolute atomic E-state index is 8.87. The number of hydrogen-bond donors (Lipinski definition) is 0. The van der Waals surface area contributed by atoms with Crippen LogP contribution in [-0.4, -0.2) is 4.57 Å². The highest BCUT2D eigenvalue weighted by molar-refractivity contribution is 5.81. The Kier molecular flexibility index (Phi) is 2.78. The molecule has 0 amide bonds. The fraction of sp³-hybridized carbons (Fsp3) is 0.214. The average Bonchev–Trinajstić information content (AvgIpc) is 2.68. The Balaban J connectivity index is 2.39. The van der Waals surface area contributed by atoms with E-state index in [2.05, 4.69) is 29.5 Å². The van der Waals surface area contributed by atoms with Crippen molar-refractivity contribution in [2.24, 2.45) is 0 Å². The molecule has 2 heteroatoms. The molecule has 80 valence electrons. The van der Waals surface area contributed by atoms with E-state index in [0.29, 0.717) is 5.56 Å². The molecule has 0 aliphatic carbocycles. The Bertz CT molecular complexity index is 570. The van der Waals surface area contributed by atoms with Gasteiger partial charge in [0.05, 0.1) is 11.6 Å². The van der Waals surface area contributed by atoms with E-state index < -0.39 is 0 Å². The number of hydrogen-bond acceptors (Lipinski definition) is 1. The Hall–Kier alpha value is -2.01. The number of aryl methyl sites for hydroxylation is 1. The molecular weight excluding hydrogens is 196 g/mol. The highest BCUT2D eigenvalue weighted by Crippen LogP contribution is 2.18. The van der Waals surface area contributed by atoms with E-state index in [-0.39, 0.29) is 0 Å². The Morgan fingerprint density at radius 1 is 1.44 bits per heavy atom. The third-order valence-electron chi connectivity index (χ3n) is 2.68. The summed E-state index contributed by atoms with van der Waals surface area (Å²) in [7, 11) is 0. The normalized spacial score (nSPS) is 10.2. The largest absolute Gasteiger partial charge is 0.347 e. The maximum Gasteiger partial charge on any atom is 0.0992 e. The SMILES string of the molecule is C=C(C)CCn1ccc2ccc(C#N)cc21. The van der Waals surface area contributed by atoms with Crippen LogP contribution < -0.4 is 0 Å². The molecule has 0 unspecified atom stereocenters. The molecule has 0 radical (unpaired) electrons. The van der Waals surface area contributed by atoms with Gasteiger partial charge in [-0.1, -0.05) is 11.6 Å². The molecule has 2 nitrogen and oxygen atoms in total. The Morgan fingerprint density at radius 3 is 2.94 bits per heavy atom. The number of nitriles is 1. The van der Waals surface area contributed by atoms with Gasteiger partial charge in [-0.25, -0.2) is 0 Å². The second-order valence-electron chi connectivity index (χ2n) is 4.10. The monoisotopic (exact) mass is 210 g/mol. The molecule has 0 aliphatic heterocycles. The Labute approximate surface area is 95.4 Å². The fourth-order valence-corrected chi connectivity index (χ4v) is 1.76. The number of rotatable bonds is 3. The predicted molar refractivity (Wildman–Crippen MR) is 66.1 cm³/mol. The van der Waals surface area contributed by atoms with E-state index in [1.165, 1.54) is 11.0 Å². The molecule has 0 atom stereocenters. The fourth-order valence-electron chi connectivity index (χ4n) is 1.76. The van der Waals surface area contributed by atoms with Gasteiger partial charge in [-0.2, -0.15) is 5.26 Å². The van der Waals surface area contributed by atoms with E-state index >= 15 is 0 Å². The van der Waals surface area contributed by atoms with Crippen LogP contribution >= 0.6 is 0 Å². The van der Waals surface area contributed by atoms with Crippen molar-refractivity contribution in [1.82, 2.24) is 4.57 Å². The van der Waals surface area contributed by atoms with Crippen LogP contribution in [-0.2, 0) is 6.54 Å². The summed E-state index contributed by atoms with van der Waals surface area (Å²) in [6.45, 7) is 6.86. The number of benzene rings is 1. The zero-order chi connectivity index (χ0) is 11.5. The van der Waals surface area contributed by atoms with E-state index in [4.69, 9.17) is 5.26 Å². The van der Waals surface area contributed by atoms with Crippen LogP contribution in [0.1, 0.15) is 18.9 Å². The quantitative estimate of drug-likeness (QED) is 0.713. The first-order chi connectivity index (χ1) is 7.70. The zero-order valence-electron chi connectivity index (χ0n) is 9.40. The topological polar surface area (TPSA) is 28.7 Å². The van der Waals surface area contributed by atoms with Crippen molar-refractivity contribution >= 4 is 10.9 Å². The van der Waals surface area contributed by atoms with Crippen LogP contribution in [0, 0.1) is 11.3 Å². The third-order valence-corrected chi connectivity index (χ3v) is 2.68. The first kappa shape index (κ1) is 10.5. The first-order valence-electron chi connectivity index (χ1n) is 5.34. The molecule has 0 saturated heterocycles. The lowest BCUT2D eigenvalue weighted by Gasteiger charge is -2.05. The number of allylic oxidation sites excluding steroid dienone is 1. The molecule has 0 N–H and O–H groups in total. The van der Waals surface area contributed by atoms with Crippen LogP contribution in [0.25, 0.3) is 10.9 Å². The minimum Gasteiger partial charge on any atom is -0.347 e. The number of aromatic nitrogens is 1. The van der Waals surface area contributed by atoms with E-state index in [9.17, 15) is 0 Å². The minimum absolute atomic E-state index is 0.711. The summed E-state index contributed by atoms with van der Waals surface area (Å²) in [5, 5.41) is 10.1. The smallest absolute Gasteiger partial charge is 0.0992 e. The van der Waals surface area contributed by atoms with Crippen molar-refractivity contribution < 1.29 is 0 Å². The van der Waals surface area contributed by atoms with E-state index in [0.717, 1.165) is 18.5 Å². The van der Waals surface area contributed by atoms with Gasteiger partial charge in [-0.05, 0) is 36.9 Å². The lowest BCUT2D eigenvalue weighted by Crippen LogP contribution is -1.96. The minimum atomic E-state index is 0.711. The molecule has 1 aromatic heterocycles. The van der Waals surface area contributed by atoms with Gasteiger partial charge >= 0.3 is 0 Å². The van der Waals surface area contributed by atoms with Gasteiger partial charge in [0.1, 0.15) is 0 Å². The molecule has 0 aliphatic rings. The second kappa shape index (κ2) is 4.24. The summed E-state index contributed by atoms with van der Waals surface area (Å²) in [4.78, 5) is 0. The molecule has 1 heterocycles. The number of nitrogens with zero attached hydrogens (tertiary/aromatic N) is 2. The van der Waals surface area contributed by atoms with Gasteiger partial charge in [0.15, 0.2) is 0 Å². The molecular formula is C14H14N2. The summed E-state index contributed by atoms with van der Waals surface area (Å²) in [5.41, 5.74) is 3.02. The van der Waals surface area contributed by atoms with Crippen molar-refractivity contribution in [2.45, 2.75) is 19.9 Å². The van der Waals surface area contributed by atoms with Crippen LogP contribution in [0.2, 0.25) is 0 Å². The first-order valence-corrected chi connectivity index (χ1v) is 5.34. The summed E-state index contributed by atoms with van der Waals surface area (Å²) in [6.07, 6.45) is 3.04. The van der Waals surface area contributed by atoms with Gasteiger partial charge in [0.25, 0.3) is 0 Å². The van der Waals surface area contributed by atoms with Gasteiger partial charge < -0.3 is 4.57 Å². The summed E-state index contributed by atoms with van der Waals surface area (Å²) < 4.78 is 2.17. The highest BCUT2D eigenvalue weighted by Gasteiger charge is 2.01. The van der Waals surface area contributed by atoms with Gasteiger partial charge in [0, 0.05) is 18.3 Å². The summed E-state index contributed by atoms with van der Waals surface area (Å²) in [6, 6.07) is 10.0. The molecule has 16 heavy (non-hydrogen) atoms. The molecule has 0 bridgehead atoms. The molecule has 0 spiro atoms. The van der Waals surface area contributed by atoms with Gasteiger partial charge in [-0.3, -0.25) is 0 Å². The second-order valence-corrected chi connectivity index (χ2v) is 4.10. The van der Waals surface area contributed by atoms with E-state index in [1.54, 1.807) is 0 Å². The van der Waals surface area contributed by atoms with Crippen molar-refractivity contribution in [3.63, 3.8) is 0 Å². The summed E-state index contributed by atoms with van der Waals surface area (Å²) in [5.74, 6) is 0. The average molecular weight is 210 g/mol. The maximum atomic E-state index is 8.87. The third kappa shape index (κ3) is 1.99. The van der Waals surface area contributed by atoms with Crippen molar-refractivity contribution in [3.05, 3.63) is 48.2 Å². The van der Waals surface area contributed by atoms with Crippen LogP contribution in [0.5, 0.6) is 0 Å². The lowest BCUT2D eigenvalue weighted by atomic mass is 10.2. The van der Waals surface area contributed by atoms with Crippen LogP contribution in [0.4, 0.5) is 0 Å². The molecule has 2 aromatic rings. The van der Waals surface area contributed by atoms with Crippen LogP contribution in [0.3, 0.4) is 0 Å². The molecule has 1 aromatic carbocycles. The molecule has 2 rings (SSSR count). The molecule has 0 fully saturated rings. The highest BCUT2D eigenvalue weighted by atomic mass is 14.9. The van der Waals surface area contributed by atoms with Crippen LogP contribution in [0.15, 0.2) is 42.6 Å². The standard InChI is InChI=1S/C14H14N2/c1-11(2)5-7-16-8-6-13-4-3-12(10-15)9-14(13)16/h3-4,6,8-9H,1,5,7H2,2H3. The van der Waals surface area contributed by atoms with Gasteiger partial charge in [-0.15, -0.1) is 6.58 Å². The molecule has 0 saturated carbocycles. The number of fused-ring (bicyclic) bond motifs is 1. The van der Waals surface area contributed by atoms with Crippen molar-refractivity contribution in [1.29, 1.82) is 5.26 Å². The lowest BCUT2D eigenvalue weighted by molar-refractivity contribution is 0.719. The van der Waals surface area contributed by atoms with Gasteiger partial charge in [0.2, 0.25) is 0 Å². The van der Waals surface area contributed by atoms with Crippen molar-refractivity contribution in [3.8, 4) is 6.07 Å².